The second-order valence-electron chi connectivity index (χ2n) is 8.59. The zero-order chi connectivity index (χ0) is 21.4. The molecule has 1 saturated carbocycles. The molecule has 0 N–H and O–H groups in total. The highest BCUT2D eigenvalue weighted by atomic mass is 32.2. The highest BCUT2D eigenvalue weighted by molar-refractivity contribution is 7.93. The number of anilines is 1. The molecule has 2 fully saturated rings. The Kier molecular flexibility index (Phi) is 5.62. The molecule has 2 aromatic rings. The number of rotatable bonds is 4. The molecule has 1 saturated heterocycles. The number of hydrogen-bond acceptors (Lipinski definition) is 4. The number of carbonyl (C=O) groups excluding carboxylic acids is 1. The largest absolute Gasteiger partial charge is 0.368 e. The van der Waals surface area contributed by atoms with Crippen molar-refractivity contribution >= 4 is 21.4 Å². The molecule has 0 radical (unpaired) electrons. The van der Waals surface area contributed by atoms with Gasteiger partial charge in [0.05, 0.1) is 4.90 Å². The van der Waals surface area contributed by atoms with Crippen molar-refractivity contribution in [3.8, 4) is 0 Å². The summed E-state index contributed by atoms with van der Waals surface area (Å²) in [6.07, 6.45) is 2.39. The Morgan fingerprint density at radius 2 is 1.53 bits per heavy atom. The molecule has 2 aromatic carbocycles. The quantitative estimate of drug-likeness (QED) is 0.747. The Balaban J connectivity index is 1.60. The van der Waals surface area contributed by atoms with Crippen LogP contribution >= 0.6 is 0 Å². The van der Waals surface area contributed by atoms with Crippen molar-refractivity contribution in [2.75, 3.05) is 31.1 Å². The molecule has 2 aliphatic rings. The third-order valence-corrected chi connectivity index (χ3v) is 9.27. The number of sulfone groups is 1. The normalized spacial score (nSPS) is 19.1. The van der Waals surface area contributed by atoms with Crippen LogP contribution in [0.3, 0.4) is 0 Å². The molecule has 0 atom stereocenters. The van der Waals surface area contributed by atoms with Gasteiger partial charge in [-0.2, -0.15) is 0 Å². The van der Waals surface area contributed by atoms with Crippen LogP contribution in [0, 0.1) is 13.8 Å². The van der Waals surface area contributed by atoms with Crippen molar-refractivity contribution in [1.29, 1.82) is 0 Å². The maximum atomic E-state index is 13.8. The van der Waals surface area contributed by atoms with Crippen LogP contribution < -0.4 is 4.90 Å². The summed E-state index contributed by atoms with van der Waals surface area (Å²) >= 11 is 0. The zero-order valence-electron chi connectivity index (χ0n) is 17.8. The lowest BCUT2D eigenvalue weighted by Crippen LogP contribution is -2.57. The van der Waals surface area contributed by atoms with E-state index in [-0.39, 0.29) is 5.91 Å². The highest BCUT2D eigenvalue weighted by Gasteiger charge is 2.55. The molecule has 30 heavy (non-hydrogen) atoms. The maximum Gasteiger partial charge on any atom is 0.244 e. The Labute approximate surface area is 179 Å². The van der Waals surface area contributed by atoms with Crippen LogP contribution in [0.2, 0.25) is 0 Å². The van der Waals surface area contributed by atoms with E-state index in [0.29, 0.717) is 36.4 Å². The minimum atomic E-state index is -3.77. The average molecular weight is 427 g/mol. The molecule has 1 aliphatic heterocycles. The van der Waals surface area contributed by atoms with Gasteiger partial charge in [0, 0.05) is 31.9 Å². The molecular weight excluding hydrogens is 396 g/mol. The van der Waals surface area contributed by atoms with Crippen molar-refractivity contribution in [3.63, 3.8) is 0 Å². The van der Waals surface area contributed by atoms with E-state index < -0.39 is 14.6 Å². The number of piperazine rings is 1. The van der Waals surface area contributed by atoms with Crippen molar-refractivity contribution in [1.82, 2.24) is 4.90 Å². The van der Waals surface area contributed by atoms with E-state index in [1.165, 1.54) is 0 Å². The molecule has 4 rings (SSSR count). The van der Waals surface area contributed by atoms with E-state index in [0.717, 1.165) is 37.2 Å². The van der Waals surface area contributed by atoms with Gasteiger partial charge in [0.2, 0.25) is 5.91 Å². The third-order valence-electron chi connectivity index (χ3n) is 6.64. The number of hydrogen-bond donors (Lipinski definition) is 0. The lowest BCUT2D eigenvalue weighted by Gasteiger charge is -2.40. The van der Waals surface area contributed by atoms with Gasteiger partial charge in [-0.25, -0.2) is 8.42 Å². The number of nitrogens with zero attached hydrogens (tertiary/aromatic N) is 2. The van der Waals surface area contributed by atoms with E-state index in [9.17, 15) is 13.2 Å². The minimum Gasteiger partial charge on any atom is -0.368 e. The van der Waals surface area contributed by atoms with Crippen LogP contribution in [0.4, 0.5) is 5.69 Å². The summed E-state index contributed by atoms with van der Waals surface area (Å²) in [4.78, 5) is 18.1. The monoisotopic (exact) mass is 426 g/mol. The van der Waals surface area contributed by atoms with E-state index in [1.807, 2.05) is 44.2 Å². The standard InChI is InChI=1S/C24H30N2O3S/c1-19-10-11-20(2)22(18-19)30(28,29)24(12-6-7-13-24)23(27)26-16-14-25(15-17-26)21-8-4-3-5-9-21/h3-5,8-11,18H,6-7,12-17H2,1-2H3. The topological polar surface area (TPSA) is 57.7 Å². The first-order chi connectivity index (χ1) is 14.3. The molecule has 0 bridgehead atoms. The Morgan fingerprint density at radius 3 is 2.17 bits per heavy atom. The molecule has 0 unspecified atom stereocenters. The van der Waals surface area contributed by atoms with Gasteiger partial charge in [0.25, 0.3) is 0 Å². The van der Waals surface area contributed by atoms with Crippen molar-refractivity contribution in [2.45, 2.75) is 49.2 Å². The second-order valence-corrected chi connectivity index (χ2v) is 10.8. The summed E-state index contributed by atoms with van der Waals surface area (Å²) in [7, 11) is -3.77. The van der Waals surface area contributed by atoms with Crippen molar-refractivity contribution in [2.24, 2.45) is 0 Å². The first-order valence-electron chi connectivity index (χ1n) is 10.8. The molecule has 6 heteroatoms. The number of benzene rings is 2. The van der Waals surface area contributed by atoms with Crippen LogP contribution in [-0.2, 0) is 14.6 Å². The lowest BCUT2D eigenvalue weighted by atomic mass is 10.0. The number of para-hydroxylation sites is 1. The van der Waals surface area contributed by atoms with Gasteiger partial charge in [0.1, 0.15) is 0 Å². The fourth-order valence-corrected chi connectivity index (χ4v) is 7.28. The summed E-state index contributed by atoms with van der Waals surface area (Å²) in [5, 5.41) is 0. The van der Waals surface area contributed by atoms with E-state index >= 15 is 0 Å². The van der Waals surface area contributed by atoms with Gasteiger partial charge in [-0.1, -0.05) is 43.2 Å². The first kappa shape index (κ1) is 20.9. The van der Waals surface area contributed by atoms with Gasteiger partial charge < -0.3 is 9.80 Å². The van der Waals surface area contributed by atoms with Crippen LogP contribution in [0.1, 0.15) is 36.8 Å². The molecule has 0 aromatic heterocycles. The Hall–Kier alpha value is -2.34. The molecular formula is C24H30N2O3S. The summed E-state index contributed by atoms with van der Waals surface area (Å²) in [5.41, 5.74) is 2.76. The SMILES string of the molecule is Cc1ccc(C)c(S(=O)(=O)C2(C(=O)N3CCN(c4ccccc4)CC3)CCCC2)c1. The van der Waals surface area contributed by atoms with Gasteiger partial charge in [-0.05, 0) is 56.0 Å². The Bertz CT molecular complexity index is 1020. The third kappa shape index (κ3) is 3.51. The summed E-state index contributed by atoms with van der Waals surface area (Å²) in [5.74, 6) is -0.200. The molecule has 5 nitrogen and oxygen atoms in total. The second kappa shape index (κ2) is 8.06. The molecule has 160 valence electrons. The van der Waals surface area contributed by atoms with Gasteiger partial charge >= 0.3 is 0 Å². The number of carbonyl (C=O) groups is 1. The summed E-state index contributed by atoms with van der Waals surface area (Å²) in [6.45, 7) is 6.25. The van der Waals surface area contributed by atoms with Gasteiger partial charge in [-0.3, -0.25) is 4.79 Å². The molecule has 1 aliphatic carbocycles. The van der Waals surface area contributed by atoms with Crippen LogP contribution in [0.25, 0.3) is 0 Å². The number of amides is 1. The van der Waals surface area contributed by atoms with Crippen LogP contribution in [-0.4, -0.2) is 50.2 Å². The van der Waals surface area contributed by atoms with E-state index in [4.69, 9.17) is 0 Å². The summed E-state index contributed by atoms with van der Waals surface area (Å²) in [6, 6.07) is 15.6. The smallest absolute Gasteiger partial charge is 0.244 e. The molecule has 1 amide bonds. The predicted octanol–water partition coefficient (Wildman–Crippen LogP) is 3.74. The van der Waals surface area contributed by atoms with E-state index in [2.05, 4.69) is 17.0 Å². The number of aryl methyl sites for hydroxylation is 2. The maximum absolute atomic E-state index is 13.8. The fraction of sp³-hybridized carbons (Fsp3) is 0.458. The van der Waals surface area contributed by atoms with Crippen LogP contribution in [0.15, 0.2) is 53.4 Å². The molecule has 0 spiro atoms. The first-order valence-corrected chi connectivity index (χ1v) is 12.2. The van der Waals surface area contributed by atoms with Gasteiger partial charge in [0.15, 0.2) is 14.6 Å². The van der Waals surface area contributed by atoms with Crippen molar-refractivity contribution in [3.05, 3.63) is 59.7 Å². The van der Waals surface area contributed by atoms with E-state index in [1.54, 1.807) is 11.0 Å². The fourth-order valence-electron chi connectivity index (χ4n) is 4.85. The summed E-state index contributed by atoms with van der Waals surface area (Å²) < 4.78 is 26.4. The minimum absolute atomic E-state index is 0.200. The Morgan fingerprint density at radius 1 is 0.900 bits per heavy atom. The highest BCUT2D eigenvalue weighted by Crippen LogP contribution is 2.43. The lowest BCUT2D eigenvalue weighted by molar-refractivity contribution is -0.134. The van der Waals surface area contributed by atoms with Crippen LogP contribution in [0.5, 0.6) is 0 Å². The van der Waals surface area contributed by atoms with Gasteiger partial charge in [-0.15, -0.1) is 0 Å². The zero-order valence-corrected chi connectivity index (χ0v) is 18.6. The van der Waals surface area contributed by atoms with Crippen molar-refractivity contribution < 1.29 is 13.2 Å². The predicted molar refractivity (Wildman–Crippen MR) is 120 cm³/mol. The average Bonchev–Trinajstić information content (AvgIpc) is 3.27. The molecule has 1 heterocycles.